The molecule has 1 aromatic carbocycles. The highest BCUT2D eigenvalue weighted by atomic mass is 16.4. The highest BCUT2D eigenvalue weighted by Crippen LogP contribution is 2.16. The molecule has 104 valence electrons. The van der Waals surface area contributed by atoms with Gasteiger partial charge >= 0.3 is 5.97 Å². The quantitative estimate of drug-likeness (QED) is 0.763. The van der Waals surface area contributed by atoms with Gasteiger partial charge in [0.25, 0.3) is 0 Å². The fourth-order valence-electron chi connectivity index (χ4n) is 1.78. The van der Waals surface area contributed by atoms with E-state index in [1.165, 1.54) is 0 Å². The van der Waals surface area contributed by atoms with Crippen LogP contribution in [0.25, 0.3) is 10.9 Å². The Bertz CT molecular complexity index is 642. The number of para-hydroxylation sites is 1. The summed E-state index contributed by atoms with van der Waals surface area (Å²) in [5.41, 5.74) is 7.01. The molecule has 0 bridgehead atoms. The first-order chi connectivity index (χ1) is 9.56. The molecule has 0 aliphatic heterocycles. The fourth-order valence-corrected chi connectivity index (χ4v) is 1.78. The predicted molar refractivity (Wildman–Crippen MR) is 75.2 cm³/mol. The number of hydrogen-bond acceptors (Lipinski definition) is 4. The molecule has 1 aromatic heterocycles. The first-order valence-electron chi connectivity index (χ1n) is 6.19. The minimum atomic E-state index is -0.972. The molecule has 0 unspecified atom stereocenters. The van der Waals surface area contributed by atoms with E-state index < -0.39 is 17.9 Å². The predicted octanol–water partition coefficient (Wildman–Crippen LogP) is 1.37. The van der Waals surface area contributed by atoms with Crippen molar-refractivity contribution >= 4 is 28.5 Å². The largest absolute Gasteiger partial charge is 0.481 e. The highest BCUT2D eigenvalue weighted by molar-refractivity contribution is 5.96. The summed E-state index contributed by atoms with van der Waals surface area (Å²) in [4.78, 5) is 26.5. The molecule has 0 aliphatic carbocycles. The van der Waals surface area contributed by atoms with Crippen LogP contribution >= 0.6 is 0 Å². The molecular formula is C14H15N3O3. The zero-order valence-electron chi connectivity index (χ0n) is 10.7. The maximum atomic E-state index is 11.8. The van der Waals surface area contributed by atoms with Gasteiger partial charge in [-0.3, -0.25) is 14.6 Å². The lowest BCUT2D eigenvalue weighted by Crippen LogP contribution is -2.36. The van der Waals surface area contributed by atoms with Crippen LogP contribution in [-0.4, -0.2) is 28.0 Å². The number of aliphatic carboxylic acids is 1. The summed E-state index contributed by atoms with van der Waals surface area (Å²) >= 11 is 0. The van der Waals surface area contributed by atoms with Crippen molar-refractivity contribution in [3.05, 3.63) is 36.5 Å². The van der Waals surface area contributed by atoms with Gasteiger partial charge in [0.05, 0.1) is 23.4 Å². The molecule has 1 atom stereocenters. The van der Waals surface area contributed by atoms with Crippen molar-refractivity contribution in [2.45, 2.75) is 18.9 Å². The van der Waals surface area contributed by atoms with Gasteiger partial charge in [0.2, 0.25) is 5.91 Å². The summed E-state index contributed by atoms with van der Waals surface area (Å²) in [7, 11) is 0. The third-order valence-electron chi connectivity index (χ3n) is 2.86. The molecule has 0 fully saturated rings. The van der Waals surface area contributed by atoms with Crippen LogP contribution in [0.1, 0.15) is 12.8 Å². The summed E-state index contributed by atoms with van der Waals surface area (Å²) in [6.45, 7) is 0. The molecule has 0 saturated carbocycles. The zero-order valence-corrected chi connectivity index (χ0v) is 10.7. The van der Waals surface area contributed by atoms with E-state index in [2.05, 4.69) is 10.3 Å². The smallest absolute Gasteiger partial charge is 0.303 e. The number of fused-ring (bicyclic) bond motifs is 1. The van der Waals surface area contributed by atoms with Crippen LogP contribution in [0, 0.1) is 0 Å². The van der Waals surface area contributed by atoms with Crippen LogP contribution in [0.15, 0.2) is 36.5 Å². The maximum absolute atomic E-state index is 11.8. The molecule has 4 N–H and O–H groups in total. The number of benzene rings is 1. The first-order valence-corrected chi connectivity index (χ1v) is 6.19. The average molecular weight is 273 g/mol. The van der Waals surface area contributed by atoms with E-state index in [0.717, 1.165) is 10.9 Å². The minimum absolute atomic E-state index is 0.0994. The number of pyridine rings is 1. The van der Waals surface area contributed by atoms with Crippen LogP contribution in [0.3, 0.4) is 0 Å². The second-order valence-corrected chi connectivity index (χ2v) is 4.44. The van der Waals surface area contributed by atoms with E-state index in [4.69, 9.17) is 10.8 Å². The number of nitrogens with zero attached hydrogens (tertiary/aromatic N) is 1. The number of anilines is 1. The second-order valence-electron chi connectivity index (χ2n) is 4.44. The molecular weight excluding hydrogens is 258 g/mol. The Morgan fingerprint density at radius 1 is 1.35 bits per heavy atom. The highest BCUT2D eigenvalue weighted by Gasteiger charge is 2.15. The van der Waals surface area contributed by atoms with Crippen molar-refractivity contribution in [3.8, 4) is 0 Å². The van der Waals surface area contributed by atoms with E-state index in [1.807, 2.05) is 24.3 Å². The maximum Gasteiger partial charge on any atom is 0.303 e. The summed E-state index contributed by atoms with van der Waals surface area (Å²) in [6.07, 6.45) is 1.51. The molecule has 20 heavy (non-hydrogen) atoms. The van der Waals surface area contributed by atoms with Crippen molar-refractivity contribution in [1.82, 2.24) is 4.98 Å². The summed E-state index contributed by atoms with van der Waals surface area (Å²) in [6, 6.07) is 8.48. The standard InChI is InChI=1S/C14H15N3O3/c15-11(5-6-13(18)19)14(20)17-10-7-9-3-1-2-4-12(9)16-8-10/h1-4,7-8,11H,5-6,15H2,(H,17,20)(H,18,19)/t11-/m0/s1. The van der Waals surface area contributed by atoms with Gasteiger partial charge in [0.1, 0.15) is 0 Å². The van der Waals surface area contributed by atoms with Gasteiger partial charge in [-0.15, -0.1) is 0 Å². The Morgan fingerprint density at radius 2 is 2.10 bits per heavy atom. The molecule has 2 rings (SSSR count). The molecule has 0 spiro atoms. The van der Waals surface area contributed by atoms with Crippen LogP contribution in [-0.2, 0) is 9.59 Å². The van der Waals surface area contributed by atoms with Crippen molar-refractivity contribution in [1.29, 1.82) is 0 Å². The average Bonchev–Trinajstić information content (AvgIpc) is 2.44. The first kappa shape index (κ1) is 14.0. The lowest BCUT2D eigenvalue weighted by Gasteiger charge is -2.11. The van der Waals surface area contributed by atoms with E-state index in [9.17, 15) is 9.59 Å². The lowest BCUT2D eigenvalue weighted by molar-refractivity contribution is -0.137. The van der Waals surface area contributed by atoms with Gasteiger partial charge < -0.3 is 16.2 Å². The van der Waals surface area contributed by atoms with Gasteiger partial charge in [-0.25, -0.2) is 0 Å². The molecule has 1 heterocycles. The number of carboxylic acids is 1. The normalized spacial score (nSPS) is 12.1. The van der Waals surface area contributed by atoms with Crippen molar-refractivity contribution in [2.24, 2.45) is 5.73 Å². The van der Waals surface area contributed by atoms with Crippen LogP contribution < -0.4 is 11.1 Å². The third kappa shape index (κ3) is 3.52. The zero-order chi connectivity index (χ0) is 14.5. The topological polar surface area (TPSA) is 105 Å². The van der Waals surface area contributed by atoms with E-state index in [1.54, 1.807) is 12.3 Å². The van der Waals surface area contributed by atoms with Gasteiger partial charge in [0.15, 0.2) is 0 Å². The number of aromatic nitrogens is 1. The summed E-state index contributed by atoms with van der Waals surface area (Å²) in [5.74, 6) is -1.39. The Balaban J connectivity index is 2.03. The molecule has 6 heteroatoms. The summed E-state index contributed by atoms with van der Waals surface area (Å²) in [5, 5.41) is 12.1. The van der Waals surface area contributed by atoms with Gasteiger partial charge in [-0.05, 0) is 18.6 Å². The van der Waals surface area contributed by atoms with Gasteiger partial charge in [0, 0.05) is 11.8 Å². The Labute approximate surface area is 115 Å². The van der Waals surface area contributed by atoms with E-state index >= 15 is 0 Å². The van der Waals surface area contributed by atoms with Crippen molar-refractivity contribution < 1.29 is 14.7 Å². The molecule has 2 aromatic rings. The van der Waals surface area contributed by atoms with Crippen molar-refractivity contribution in [3.63, 3.8) is 0 Å². The van der Waals surface area contributed by atoms with Gasteiger partial charge in [-0.1, -0.05) is 18.2 Å². The lowest BCUT2D eigenvalue weighted by atomic mass is 10.1. The summed E-state index contributed by atoms with van der Waals surface area (Å²) < 4.78 is 0. The molecule has 0 radical (unpaired) electrons. The number of carbonyl (C=O) groups excluding carboxylic acids is 1. The third-order valence-corrected chi connectivity index (χ3v) is 2.86. The molecule has 1 amide bonds. The number of nitrogens with one attached hydrogen (secondary N) is 1. The number of hydrogen-bond donors (Lipinski definition) is 3. The monoisotopic (exact) mass is 273 g/mol. The number of amides is 1. The van der Waals surface area contributed by atoms with Crippen molar-refractivity contribution in [2.75, 3.05) is 5.32 Å². The van der Waals surface area contributed by atoms with E-state index in [-0.39, 0.29) is 12.8 Å². The van der Waals surface area contributed by atoms with Crippen LogP contribution in [0.4, 0.5) is 5.69 Å². The van der Waals surface area contributed by atoms with Crippen LogP contribution in [0.2, 0.25) is 0 Å². The molecule has 0 aliphatic rings. The Hall–Kier alpha value is -2.47. The number of carboxylic acid groups (broad SMARTS) is 1. The van der Waals surface area contributed by atoms with Gasteiger partial charge in [-0.2, -0.15) is 0 Å². The molecule has 6 nitrogen and oxygen atoms in total. The Kier molecular flexibility index (Phi) is 4.27. The Morgan fingerprint density at radius 3 is 2.85 bits per heavy atom. The number of nitrogens with two attached hydrogens (primary N) is 1. The van der Waals surface area contributed by atoms with Crippen LogP contribution in [0.5, 0.6) is 0 Å². The SMILES string of the molecule is N[C@@H](CCC(=O)O)C(=O)Nc1cnc2ccccc2c1. The fraction of sp³-hybridized carbons (Fsp3) is 0.214. The second kappa shape index (κ2) is 6.12. The van der Waals surface area contributed by atoms with E-state index in [0.29, 0.717) is 5.69 Å². The number of carbonyl (C=O) groups is 2. The minimum Gasteiger partial charge on any atom is -0.481 e. The molecule has 0 saturated heterocycles. The number of rotatable bonds is 5.